The Balaban J connectivity index is 2.01. The highest BCUT2D eigenvalue weighted by molar-refractivity contribution is 7.99. The number of carboxylic acids is 1. The van der Waals surface area contributed by atoms with E-state index >= 15 is 0 Å². The van der Waals surface area contributed by atoms with Crippen LogP contribution in [0.1, 0.15) is 0 Å². The van der Waals surface area contributed by atoms with Gasteiger partial charge in [-0.05, 0) is 6.07 Å². The monoisotopic (exact) mass is 241 g/mol. The van der Waals surface area contributed by atoms with Gasteiger partial charge in [-0.2, -0.15) is 5.10 Å². The quantitative estimate of drug-likeness (QED) is 0.797. The molecule has 1 aliphatic rings. The number of carbonyl (C=O) groups excluding carboxylic acids is 1. The van der Waals surface area contributed by atoms with Crippen molar-refractivity contribution in [2.24, 2.45) is 0 Å². The second kappa shape index (κ2) is 4.56. The molecule has 16 heavy (non-hydrogen) atoms. The predicted molar refractivity (Wildman–Crippen MR) is 57.8 cm³/mol. The first-order valence-electron chi connectivity index (χ1n) is 4.76. The Morgan fingerprint density at radius 3 is 3.00 bits per heavy atom. The normalized spacial score (nSPS) is 20.0. The summed E-state index contributed by atoms with van der Waals surface area (Å²) in [5.74, 6) is -0.253. The molecule has 2 rings (SSSR count). The number of rotatable bonds is 3. The molecule has 2 heterocycles. The van der Waals surface area contributed by atoms with Gasteiger partial charge in [0.15, 0.2) is 0 Å². The van der Waals surface area contributed by atoms with Gasteiger partial charge in [-0.3, -0.25) is 9.48 Å². The molecular weight excluding hydrogens is 230 g/mol. The zero-order valence-corrected chi connectivity index (χ0v) is 9.26. The third kappa shape index (κ3) is 2.19. The van der Waals surface area contributed by atoms with Gasteiger partial charge in [-0.1, -0.05) is 0 Å². The molecule has 1 atom stereocenters. The van der Waals surface area contributed by atoms with E-state index in [1.165, 1.54) is 21.3 Å². The Morgan fingerprint density at radius 1 is 1.56 bits per heavy atom. The molecule has 1 aliphatic heterocycles. The van der Waals surface area contributed by atoms with Gasteiger partial charge in [0.1, 0.15) is 12.6 Å². The first kappa shape index (κ1) is 11.0. The number of carboxylic acid groups (broad SMARTS) is 1. The molecule has 1 fully saturated rings. The molecule has 0 bridgehead atoms. The van der Waals surface area contributed by atoms with E-state index in [1.54, 1.807) is 18.5 Å². The number of amides is 1. The molecule has 1 aromatic rings. The van der Waals surface area contributed by atoms with Gasteiger partial charge in [0, 0.05) is 18.1 Å². The summed E-state index contributed by atoms with van der Waals surface area (Å²) in [6.07, 6.45) is 3.26. The number of nitrogens with zero attached hydrogens (tertiary/aromatic N) is 3. The van der Waals surface area contributed by atoms with E-state index in [1.807, 2.05) is 0 Å². The molecule has 0 spiro atoms. The van der Waals surface area contributed by atoms with Gasteiger partial charge in [0.25, 0.3) is 0 Å². The molecule has 0 aliphatic carbocycles. The van der Waals surface area contributed by atoms with Crippen LogP contribution >= 0.6 is 11.8 Å². The minimum absolute atomic E-state index is 0.0946. The van der Waals surface area contributed by atoms with E-state index in [9.17, 15) is 9.59 Å². The molecule has 1 saturated heterocycles. The number of thioether (sulfide) groups is 1. The Bertz CT molecular complexity index is 393. The van der Waals surface area contributed by atoms with Crippen LogP contribution < -0.4 is 0 Å². The lowest BCUT2D eigenvalue weighted by molar-refractivity contribution is -0.148. The molecule has 1 N–H and O–H groups in total. The van der Waals surface area contributed by atoms with Crippen molar-refractivity contribution in [1.29, 1.82) is 0 Å². The summed E-state index contributed by atoms with van der Waals surface area (Å²) in [4.78, 5) is 24.1. The fourth-order valence-electron chi connectivity index (χ4n) is 1.52. The van der Waals surface area contributed by atoms with Crippen molar-refractivity contribution in [2.45, 2.75) is 12.6 Å². The highest BCUT2D eigenvalue weighted by atomic mass is 32.2. The Morgan fingerprint density at radius 2 is 2.38 bits per heavy atom. The maximum Gasteiger partial charge on any atom is 0.327 e. The summed E-state index contributed by atoms with van der Waals surface area (Å²) >= 11 is 1.45. The van der Waals surface area contributed by atoms with Crippen LogP contribution in [0, 0.1) is 0 Å². The number of aliphatic carboxylic acids is 1. The van der Waals surface area contributed by atoms with Gasteiger partial charge < -0.3 is 10.0 Å². The zero-order valence-electron chi connectivity index (χ0n) is 8.44. The lowest BCUT2D eigenvalue weighted by Gasteiger charge is -2.20. The van der Waals surface area contributed by atoms with E-state index < -0.39 is 12.0 Å². The largest absolute Gasteiger partial charge is 0.480 e. The zero-order chi connectivity index (χ0) is 11.5. The van der Waals surface area contributed by atoms with E-state index in [4.69, 9.17) is 5.11 Å². The molecule has 7 heteroatoms. The minimum Gasteiger partial charge on any atom is -0.480 e. The summed E-state index contributed by atoms with van der Waals surface area (Å²) in [7, 11) is 0. The molecule has 1 amide bonds. The number of hydrogen-bond acceptors (Lipinski definition) is 4. The number of carbonyl (C=O) groups is 2. The average Bonchev–Trinajstić information content (AvgIpc) is 2.86. The fraction of sp³-hybridized carbons (Fsp3) is 0.444. The van der Waals surface area contributed by atoms with Crippen LogP contribution in [0.15, 0.2) is 18.5 Å². The van der Waals surface area contributed by atoms with E-state index in [0.717, 1.165) is 0 Å². The third-order valence-electron chi connectivity index (χ3n) is 2.34. The fourth-order valence-corrected chi connectivity index (χ4v) is 2.69. The third-order valence-corrected chi connectivity index (χ3v) is 3.36. The number of aromatic nitrogens is 2. The molecule has 86 valence electrons. The van der Waals surface area contributed by atoms with E-state index in [0.29, 0.717) is 11.6 Å². The van der Waals surface area contributed by atoms with Crippen LogP contribution in [0.25, 0.3) is 0 Å². The van der Waals surface area contributed by atoms with Gasteiger partial charge in [-0.15, -0.1) is 11.8 Å². The molecule has 0 radical (unpaired) electrons. The molecule has 0 unspecified atom stereocenters. The topological polar surface area (TPSA) is 75.4 Å². The van der Waals surface area contributed by atoms with E-state index in [2.05, 4.69) is 5.10 Å². The first-order valence-corrected chi connectivity index (χ1v) is 5.91. The van der Waals surface area contributed by atoms with Crippen molar-refractivity contribution in [3.63, 3.8) is 0 Å². The van der Waals surface area contributed by atoms with Crippen molar-refractivity contribution >= 4 is 23.6 Å². The Labute approximate surface area is 96.2 Å². The summed E-state index contributed by atoms with van der Waals surface area (Å²) in [5.41, 5.74) is 0. The summed E-state index contributed by atoms with van der Waals surface area (Å²) < 4.78 is 1.49. The van der Waals surface area contributed by atoms with Gasteiger partial charge in [0.05, 0.1) is 5.88 Å². The summed E-state index contributed by atoms with van der Waals surface area (Å²) in [5, 5.41) is 12.8. The highest BCUT2D eigenvalue weighted by Gasteiger charge is 2.34. The standard InChI is InChI=1S/C9H11N3O3S/c13-8(4-11-3-1-2-10-11)12-6-16-5-7(12)9(14)15/h1-3,7H,4-6H2,(H,14,15)/t7-/m0/s1. The maximum atomic E-state index is 11.8. The van der Waals surface area contributed by atoms with Crippen LogP contribution in [0.2, 0.25) is 0 Å². The smallest absolute Gasteiger partial charge is 0.327 e. The number of hydrogen-bond donors (Lipinski definition) is 1. The van der Waals surface area contributed by atoms with E-state index in [-0.39, 0.29) is 12.5 Å². The summed E-state index contributed by atoms with van der Waals surface area (Å²) in [6.45, 7) is 0.0946. The SMILES string of the molecule is O=C(O)[C@@H]1CSCN1C(=O)Cn1cccn1. The first-order chi connectivity index (χ1) is 7.68. The molecule has 6 nitrogen and oxygen atoms in total. The minimum atomic E-state index is -0.946. The Hall–Kier alpha value is -1.50. The van der Waals surface area contributed by atoms with Crippen LogP contribution in [-0.4, -0.2) is 49.3 Å². The van der Waals surface area contributed by atoms with Crippen molar-refractivity contribution in [3.05, 3.63) is 18.5 Å². The lowest BCUT2D eigenvalue weighted by atomic mass is 10.3. The highest BCUT2D eigenvalue weighted by Crippen LogP contribution is 2.21. The van der Waals surface area contributed by atoms with Crippen molar-refractivity contribution in [1.82, 2.24) is 14.7 Å². The van der Waals surface area contributed by atoms with Gasteiger partial charge in [0.2, 0.25) is 5.91 Å². The molecule has 1 aromatic heterocycles. The van der Waals surface area contributed by atoms with Gasteiger partial charge >= 0.3 is 5.97 Å². The van der Waals surface area contributed by atoms with Crippen molar-refractivity contribution in [2.75, 3.05) is 11.6 Å². The van der Waals surface area contributed by atoms with Crippen LogP contribution in [0.5, 0.6) is 0 Å². The average molecular weight is 241 g/mol. The predicted octanol–water partition coefficient (Wildman–Crippen LogP) is -0.131. The van der Waals surface area contributed by atoms with Crippen molar-refractivity contribution in [3.8, 4) is 0 Å². The van der Waals surface area contributed by atoms with Crippen molar-refractivity contribution < 1.29 is 14.7 Å². The second-order valence-electron chi connectivity index (χ2n) is 3.42. The molecule has 0 aromatic carbocycles. The van der Waals surface area contributed by atoms with Crippen LogP contribution in [0.4, 0.5) is 0 Å². The van der Waals surface area contributed by atoms with Crippen LogP contribution in [0.3, 0.4) is 0 Å². The van der Waals surface area contributed by atoms with Gasteiger partial charge in [-0.25, -0.2) is 4.79 Å². The second-order valence-corrected chi connectivity index (χ2v) is 4.42. The Kier molecular flexibility index (Phi) is 3.14. The molecule has 0 saturated carbocycles. The van der Waals surface area contributed by atoms with Crippen LogP contribution in [-0.2, 0) is 16.1 Å². The molecular formula is C9H11N3O3S. The maximum absolute atomic E-state index is 11.8. The lowest BCUT2D eigenvalue weighted by Crippen LogP contribution is -2.43. The summed E-state index contributed by atoms with van der Waals surface area (Å²) in [6, 6.07) is 1.02.